The fraction of sp³-hybridized carbons (Fsp3) is 0. The second kappa shape index (κ2) is 22.1. The summed E-state index contributed by atoms with van der Waals surface area (Å²) in [6.07, 6.45) is 0. The molecule has 0 heterocycles. The first-order valence-electron chi connectivity index (χ1n) is 35.6. The lowest BCUT2D eigenvalue weighted by Crippen LogP contribution is -1.95. The normalized spacial score (nSPS) is 12.1. The van der Waals surface area contributed by atoms with E-state index in [0.29, 0.717) is 0 Å². The zero-order valence-electron chi connectivity index (χ0n) is 55.6. The van der Waals surface area contributed by atoms with Crippen molar-refractivity contribution in [1.29, 1.82) is 0 Å². The molecule has 0 unspecified atom stereocenters. The fourth-order valence-corrected chi connectivity index (χ4v) is 18.0. The molecule has 0 heteroatoms. The molecule has 0 fully saturated rings. The van der Waals surface area contributed by atoms with Crippen LogP contribution in [0.15, 0.2) is 364 Å². The van der Waals surface area contributed by atoms with Crippen molar-refractivity contribution < 1.29 is 0 Å². The highest BCUT2D eigenvalue weighted by Crippen LogP contribution is 2.52. The highest BCUT2D eigenvalue weighted by Gasteiger charge is 2.25. The monoisotopic (exact) mass is 1280 g/mol. The summed E-state index contributed by atoms with van der Waals surface area (Å²) in [5.74, 6) is 0. The highest BCUT2D eigenvalue weighted by atomic mass is 14.3. The van der Waals surface area contributed by atoms with Crippen molar-refractivity contribution in [3.63, 3.8) is 0 Å². The quantitative estimate of drug-likeness (QED) is 0.115. The molecule has 0 aliphatic carbocycles. The summed E-state index contributed by atoms with van der Waals surface area (Å²) in [4.78, 5) is 0. The molecule has 22 rings (SSSR count). The van der Waals surface area contributed by atoms with E-state index in [-0.39, 0.29) is 0 Å². The van der Waals surface area contributed by atoms with Crippen LogP contribution in [-0.2, 0) is 0 Å². The van der Waals surface area contributed by atoms with Gasteiger partial charge < -0.3 is 0 Å². The van der Waals surface area contributed by atoms with Crippen LogP contribution in [0.2, 0.25) is 0 Å². The van der Waals surface area contributed by atoms with E-state index in [0.717, 1.165) is 16.7 Å². The number of hydrogen-bond donors (Lipinski definition) is 0. The number of rotatable bonds is 6. The Morgan fingerprint density at radius 3 is 0.480 bits per heavy atom. The smallest absolute Gasteiger partial charge is 0.00259 e. The van der Waals surface area contributed by atoms with Crippen molar-refractivity contribution in [1.82, 2.24) is 0 Å². The molecule has 0 aromatic heterocycles. The maximum Gasteiger partial charge on any atom is -0.00259 e. The predicted molar refractivity (Wildman–Crippen MR) is 442 cm³/mol. The minimum Gasteiger partial charge on any atom is -0.0616 e. The first-order valence-corrected chi connectivity index (χ1v) is 35.6. The largest absolute Gasteiger partial charge is 0.0616 e. The van der Waals surface area contributed by atoms with E-state index in [1.165, 1.54) is 212 Å². The summed E-state index contributed by atoms with van der Waals surface area (Å²) in [5.41, 5.74) is 14.5. The van der Waals surface area contributed by atoms with Crippen LogP contribution in [0.5, 0.6) is 0 Å². The highest BCUT2D eigenvalue weighted by molar-refractivity contribution is 6.28. The van der Waals surface area contributed by atoms with Crippen LogP contribution in [0.1, 0.15) is 0 Å². The Kier molecular flexibility index (Phi) is 12.3. The van der Waals surface area contributed by atoms with Gasteiger partial charge in [-0.3, -0.25) is 0 Å². The predicted octanol–water partition coefficient (Wildman–Crippen LogP) is 29.0. The van der Waals surface area contributed by atoms with Crippen LogP contribution in [0.25, 0.3) is 228 Å². The van der Waals surface area contributed by atoms with Crippen LogP contribution in [-0.4, -0.2) is 0 Å². The second-order valence-electron chi connectivity index (χ2n) is 28.1. The molecule has 0 radical (unpaired) electrons. The molecule has 0 spiro atoms. The maximum absolute atomic E-state index is 2.53. The van der Waals surface area contributed by atoms with Crippen LogP contribution >= 0.6 is 0 Å². The molecule has 0 amide bonds. The molecule has 22 aromatic rings. The fourth-order valence-electron chi connectivity index (χ4n) is 18.0. The van der Waals surface area contributed by atoms with Gasteiger partial charge in [0.1, 0.15) is 0 Å². The summed E-state index contributed by atoms with van der Waals surface area (Å²) in [5, 5.41) is 37.2. The van der Waals surface area contributed by atoms with Crippen molar-refractivity contribution in [2.24, 2.45) is 0 Å². The lowest BCUT2D eigenvalue weighted by Gasteiger charge is -2.22. The molecule has 0 atom stereocenters. The Labute approximate surface area is 588 Å². The van der Waals surface area contributed by atoms with Gasteiger partial charge in [0.2, 0.25) is 0 Å². The molecule has 0 N–H and O–H groups in total. The van der Waals surface area contributed by atoms with E-state index < -0.39 is 0 Å². The lowest BCUT2D eigenvalue weighted by atomic mass is 9.80. The molecule has 0 saturated carbocycles. The Balaban J connectivity index is 0.799. The molecule has 468 valence electrons. The first kappa shape index (κ1) is 56.7. The van der Waals surface area contributed by atoms with Crippen LogP contribution in [0.3, 0.4) is 0 Å². The molecule has 0 nitrogen and oxygen atoms in total. The molecule has 0 aliphatic rings. The van der Waals surface area contributed by atoms with Crippen LogP contribution in [0.4, 0.5) is 0 Å². The number of hydrogen-bond acceptors (Lipinski definition) is 0. The first-order chi connectivity index (χ1) is 50.5. The minimum atomic E-state index is 1.16. The third-order valence-corrected chi connectivity index (χ3v) is 22.6. The van der Waals surface area contributed by atoms with Gasteiger partial charge in [0, 0.05) is 0 Å². The van der Waals surface area contributed by atoms with Gasteiger partial charge in [-0.2, -0.15) is 0 Å². The number of fused-ring (bicyclic) bond motifs is 18. The third-order valence-electron chi connectivity index (χ3n) is 22.6. The van der Waals surface area contributed by atoms with E-state index in [1.807, 2.05) is 0 Å². The molecule has 0 saturated heterocycles. The van der Waals surface area contributed by atoms with Gasteiger partial charge in [-0.1, -0.05) is 291 Å². The summed E-state index contributed by atoms with van der Waals surface area (Å²) in [6.45, 7) is 0. The molecule has 22 aromatic carbocycles. The Morgan fingerprint density at radius 2 is 0.265 bits per heavy atom. The summed E-state index contributed by atoms with van der Waals surface area (Å²) >= 11 is 0. The topological polar surface area (TPSA) is 0 Å². The Morgan fingerprint density at radius 1 is 0.0882 bits per heavy atom. The van der Waals surface area contributed by atoms with Crippen molar-refractivity contribution in [2.75, 3.05) is 0 Å². The Bertz CT molecular complexity index is 6550. The standard InChI is InChI=1S/C102H60/c1-4-22-64-58-94-70(49-61(64)19-1)40-37-67-52-73(43-46-79(67)94)97-82-25-7-13-31-88(82)100(89-32-14-8-26-83(89)97)76-55-77(101-90-33-15-9-27-84(90)98(85-28-10-16-34-91(85)101)74-44-47-80-68(53-74)38-41-71-50-62-20-2-5-23-65(62)59-95(71)80)57-78(56-76)102-92-35-17-11-29-86(92)99(87-30-12-18-36-93(87)102)75-45-48-81-69(54-75)39-42-72-51-63-21-3-6-24-66(63)60-96(72)81/h1-60H. The third kappa shape index (κ3) is 8.64. The van der Waals surface area contributed by atoms with Crippen molar-refractivity contribution in [2.45, 2.75) is 0 Å². The van der Waals surface area contributed by atoms with Gasteiger partial charge >= 0.3 is 0 Å². The zero-order valence-corrected chi connectivity index (χ0v) is 55.6. The van der Waals surface area contributed by atoms with Gasteiger partial charge in [-0.05, 0) is 301 Å². The van der Waals surface area contributed by atoms with E-state index in [2.05, 4.69) is 364 Å². The lowest BCUT2D eigenvalue weighted by molar-refractivity contribution is 1.63. The molecule has 0 aliphatic heterocycles. The van der Waals surface area contributed by atoms with Crippen LogP contribution in [0, 0.1) is 0 Å². The molecular formula is C102H60. The van der Waals surface area contributed by atoms with Gasteiger partial charge in [-0.15, -0.1) is 0 Å². The molecule has 0 bridgehead atoms. The van der Waals surface area contributed by atoms with E-state index >= 15 is 0 Å². The molecule has 102 heavy (non-hydrogen) atoms. The van der Waals surface area contributed by atoms with E-state index in [4.69, 9.17) is 0 Å². The average molecular weight is 1290 g/mol. The summed E-state index contributed by atoms with van der Waals surface area (Å²) < 4.78 is 0. The minimum absolute atomic E-state index is 1.16. The van der Waals surface area contributed by atoms with Crippen LogP contribution < -0.4 is 0 Å². The molecular weight excluding hydrogens is 1230 g/mol. The number of benzene rings is 22. The summed E-state index contributed by atoms with van der Waals surface area (Å²) in [7, 11) is 0. The van der Waals surface area contributed by atoms with Crippen molar-refractivity contribution in [3.05, 3.63) is 364 Å². The second-order valence-corrected chi connectivity index (χ2v) is 28.1. The van der Waals surface area contributed by atoms with Gasteiger partial charge in [0.25, 0.3) is 0 Å². The van der Waals surface area contributed by atoms with E-state index in [9.17, 15) is 0 Å². The van der Waals surface area contributed by atoms with Gasteiger partial charge in [0.15, 0.2) is 0 Å². The maximum atomic E-state index is 2.53. The SMILES string of the molecule is c1ccc2cc3c(ccc4cc(-c5c6ccccc6c(-c6cc(-c7c8ccccc8c(-c8ccc9c(ccc%10cc%11ccccc%11cc%109)c8)c8ccccc78)cc(-c7c8ccccc8c(-c8ccc9c(ccc%10cc%11ccccc%11cc%109)c8)c8ccccc78)c6)c6ccccc56)ccc43)cc2c1. The van der Waals surface area contributed by atoms with Gasteiger partial charge in [0.05, 0.1) is 0 Å². The average Bonchev–Trinajstić information content (AvgIpc) is 0.714. The zero-order chi connectivity index (χ0) is 66.7. The van der Waals surface area contributed by atoms with Crippen molar-refractivity contribution >= 4 is 162 Å². The van der Waals surface area contributed by atoms with E-state index in [1.54, 1.807) is 0 Å². The van der Waals surface area contributed by atoms with Gasteiger partial charge in [-0.25, -0.2) is 0 Å². The Hall–Kier alpha value is -13.3. The summed E-state index contributed by atoms with van der Waals surface area (Å²) in [6, 6.07) is 138. The van der Waals surface area contributed by atoms with Crippen molar-refractivity contribution in [3.8, 4) is 66.8 Å².